The minimum absolute atomic E-state index is 0.0264. The van der Waals surface area contributed by atoms with Crippen molar-refractivity contribution in [2.75, 3.05) is 6.61 Å². The lowest BCUT2D eigenvalue weighted by molar-refractivity contribution is -0.114. The van der Waals surface area contributed by atoms with Gasteiger partial charge in [-0.15, -0.1) is 0 Å². The number of halogens is 3. The van der Waals surface area contributed by atoms with E-state index in [1.165, 1.54) is 6.07 Å². The largest absolute Gasteiger partial charge is 0.385 e. The maximum Gasteiger partial charge on any atom is 0.148 e. The zero-order chi connectivity index (χ0) is 13.9. The summed E-state index contributed by atoms with van der Waals surface area (Å²) >= 11 is 8.97. The molecule has 102 valence electrons. The molecule has 0 bridgehead atoms. The maximum absolute atomic E-state index is 14.0. The standard InChI is InChI=1S/C13H17BrClFO2/c1-4-13(3,18-5-2)12(17)8-6-7-9(14)10(15)11(8)16/h6-7,12,17H,4-5H2,1-3H3. The molecule has 1 aromatic carbocycles. The van der Waals surface area contributed by atoms with E-state index in [0.29, 0.717) is 17.5 Å². The van der Waals surface area contributed by atoms with E-state index in [1.807, 2.05) is 13.8 Å². The van der Waals surface area contributed by atoms with Gasteiger partial charge in [0.25, 0.3) is 0 Å². The number of aliphatic hydroxyl groups is 1. The SMILES string of the molecule is CCOC(C)(CC)C(O)c1ccc(Br)c(Cl)c1F. The van der Waals surface area contributed by atoms with E-state index in [4.69, 9.17) is 16.3 Å². The fourth-order valence-electron chi connectivity index (χ4n) is 1.79. The van der Waals surface area contributed by atoms with Crippen molar-refractivity contribution in [3.05, 3.63) is 33.0 Å². The molecule has 0 aliphatic heterocycles. The van der Waals surface area contributed by atoms with Gasteiger partial charge in [-0.25, -0.2) is 4.39 Å². The van der Waals surface area contributed by atoms with Crippen molar-refractivity contribution in [2.45, 2.75) is 38.9 Å². The first-order chi connectivity index (χ1) is 8.37. The van der Waals surface area contributed by atoms with Crippen molar-refractivity contribution >= 4 is 27.5 Å². The predicted octanol–water partition coefficient (Wildman–Crippen LogP) is 4.48. The number of benzene rings is 1. The number of aliphatic hydroxyl groups excluding tert-OH is 1. The normalized spacial score (nSPS) is 16.4. The number of hydrogen-bond acceptors (Lipinski definition) is 2. The first kappa shape index (κ1) is 15.9. The average molecular weight is 340 g/mol. The van der Waals surface area contributed by atoms with Crippen LogP contribution in [0.4, 0.5) is 4.39 Å². The van der Waals surface area contributed by atoms with Gasteiger partial charge >= 0.3 is 0 Å². The van der Waals surface area contributed by atoms with Gasteiger partial charge in [-0.1, -0.05) is 24.6 Å². The molecule has 18 heavy (non-hydrogen) atoms. The van der Waals surface area contributed by atoms with Crippen molar-refractivity contribution in [2.24, 2.45) is 0 Å². The Bertz CT molecular complexity index is 428. The molecule has 1 N–H and O–H groups in total. The van der Waals surface area contributed by atoms with Crippen molar-refractivity contribution in [3.8, 4) is 0 Å². The van der Waals surface area contributed by atoms with Crippen LogP contribution in [-0.4, -0.2) is 17.3 Å². The van der Waals surface area contributed by atoms with Crippen LogP contribution >= 0.6 is 27.5 Å². The summed E-state index contributed by atoms with van der Waals surface area (Å²) in [6.07, 6.45) is -0.497. The van der Waals surface area contributed by atoms with E-state index >= 15 is 0 Å². The average Bonchev–Trinajstić information content (AvgIpc) is 2.35. The molecule has 0 aromatic heterocycles. The summed E-state index contributed by atoms with van der Waals surface area (Å²) in [5.41, 5.74) is -0.673. The molecular formula is C13H17BrClFO2. The topological polar surface area (TPSA) is 29.5 Å². The Morgan fingerprint density at radius 3 is 2.61 bits per heavy atom. The highest BCUT2D eigenvalue weighted by Crippen LogP contribution is 2.37. The van der Waals surface area contributed by atoms with Gasteiger partial charge < -0.3 is 9.84 Å². The van der Waals surface area contributed by atoms with Gasteiger partial charge in [-0.3, -0.25) is 0 Å². The highest BCUT2D eigenvalue weighted by molar-refractivity contribution is 9.10. The molecule has 0 heterocycles. The zero-order valence-electron chi connectivity index (χ0n) is 10.6. The van der Waals surface area contributed by atoms with Gasteiger partial charge in [0.1, 0.15) is 11.9 Å². The van der Waals surface area contributed by atoms with E-state index in [2.05, 4.69) is 15.9 Å². The van der Waals surface area contributed by atoms with E-state index in [9.17, 15) is 9.50 Å². The Morgan fingerprint density at radius 2 is 2.11 bits per heavy atom. The zero-order valence-corrected chi connectivity index (χ0v) is 13.0. The molecule has 1 aromatic rings. The summed E-state index contributed by atoms with van der Waals surface area (Å²) in [5, 5.41) is 10.3. The molecule has 2 atom stereocenters. The van der Waals surface area contributed by atoms with Gasteiger partial charge in [0.15, 0.2) is 0 Å². The predicted molar refractivity (Wildman–Crippen MR) is 74.4 cm³/mol. The molecule has 2 nitrogen and oxygen atoms in total. The third-order valence-corrected chi connectivity index (χ3v) is 4.37. The smallest absolute Gasteiger partial charge is 0.148 e. The molecule has 2 unspecified atom stereocenters. The van der Waals surface area contributed by atoms with Crippen LogP contribution in [0.1, 0.15) is 38.9 Å². The van der Waals surface area contributed by atoms with E-state index < -0.39 is 17.5 Å². The minimum atomic E-state index is -1.06. The molecule has 0 aliphatic rings. The lowest BCUT2D eigenvalue weighted by Crippen LogP contribution is -2.36. The van der Waals surface area contributed by atoms with Crippen molar-refractivity contribution in [1.29, 1.82) is 0 Å². The molecule has 0 saturated carbocycles. The Balaban J connectivity index is 3.17. The molecule has 0 radical (unpaired) electrons. The lowest BCUT2D eigenvalue weighted by Gasteiger charge is -2.33. The number of hydrogen-bond donors (Lipinski definition) is 1. The fourth-order valence-corrected chi connectivity index (χ4v) is 2.26. The van der Waals surface area contributed by atoms with E-state index in [-0.39, 0.29) is 10.6 Å². The van der Waals surface area contributed by atoms with Crippen molar-refractivity contribution in [3.63, 3.8) is 0 Å². The van der Waals surface area contributed by atoms with Gasteiger partial charge in [-0.05, 0) is 42.3 Å². The monoisotopic (exact) mass is 338 g/mol. The minimum Gasteiger partial charge on any atom is -0.385 e. The van der Waals surface area contributed by atoms with Crippen LogP contribution in [0.2, 0.25) is 5.02 Å². The first-order valence-electron chi connectivity index (χ1n) is 5.82. The molecule has 0 spiro atoms. The third-order valence-electron chi connectivity index (χ3n) is 3.11. The van der Waals surface area contributed by atoms with Crippen LogP contribution in [0.15, 0.2) is 16.6 Å². The summed E-state index contributed by atoms with van der Waals surface area (Å²) in [5.74, 6) is -0.613. The van der Waals surface area contributed by atoms with Crippen LogP contribution < -0.4 is 0 Å². The van der Waals surface area contributed by atoms with Gasteiger partial charge in [-0.2, -0.15) is 0 Å². The van der Waals surface area contributed by atoms with Crippen LogP contribution in [0.5, 0.6) is 0 Å². The van der Waals surface area contributed by atoms with Crippen LogP contribution in [-0.2, 0) is 4.74 Å². The quantitative estimate of drug-likeness (QED) is 0.801. The second-order valence-corrected chi connectivity index (χ2v) is 5.50. The number of ether oxygens (including phenoxy) is 1. The highest BCUT2D eigenvalue weighted by atomic mass is 79.9. The van der Waals surface area contributed by atoms with E-state index in [0.717, 1.165) is 0 Å². The molecular weight excluding hydrogens is 322 g/mol. The third kappa shape index (κ3) is 3.05. The van der Waals surface area contributed by atoms with Gasteiger partial charge in [0.2, 0.25) is 0 Å². The molecule has 0 amide bonds. The Hall–Kier alpha value is -0.160. The van der Waals surface area contributed by atoms with Crippen LogP contribution in [0.25, 0.3) is 0 Å². The van der Waals surface area contributed by atoms with Gasteiger partial charge in [0, 0.05) is 16.6 Å². The summed E-state index contributed by atoms with van der Waals surface area (Å²) in [6.45, 7) is 5.94. The highest BCUT2D eigenvalue weighted by Gasteiger charge is 2.35. The van der Waals surface area contributed by atoms with Crippen LogP contribution in [0.3, 0.4) is 0 Å². The summed E-state index contributed by atoms with van der Waals surface area (Å²) < 4.78 is 20.1. The Morgan fingerprint density at radius 1 is 1.50 bits per heavy atom. The fraction of sp³-hybridized carbons (Fsp3) is 0.538. The molecule has 0 saturated heterocycles. The van der Waals surface area contributed by atoms with Crippen molar-refractivity contribution in [1.82, 2.24) is 0 Å². The second-order valence-electron chi connectivity index (χ2n) is 4.27. The Labute approximate surface area is 120 Å². The second kappa shape index (κ2) is 6.33. The van der Waals surface area contributed by atoms with Crippen LogP contribution in [0, 0.1) is 5.82 Å². The van der Waals surface area contributed by atoms with Crippen molar-refractivity contribution < 1.29 is 14.2 Å². The maximum atomic E-state index is 14.0. The first-order valence-corrected chi connectivity index (χ1v) is 6.99. The summed E-state index contributed by atoms with van der Waals surface area (Å²) in [6, 6.07) is 3.13. The molecule has 5 heteroatoms. The summed E-state index contributed by atoms with van der Waals surface area (Å²) in [4.78, 5) is 0. The lowest BCUT2D eigenvalue weighted by atomic mass is 9.90. The Kier molecular flexibility index (Phi) is 5.59. The van der Waals surface area contributed by atoms with Gasteiger partial charge in [0.05, 0.1) is 10.6 Å². The molecule has 0 fully saturated rings. The molecule has 0 aliphatic carbocycles. The number of rotatable bonds is 5. The summed E-state index contributed by atoms with van der Waals surface area (Å²) in [7, 11) is 0. The van der Waals surface area contributed by atoms with E-state index in [1.54, 1.807) is 13.0 Å². The molecule has 1 rings (SSSR count).